The van der Waals surface area contributed by atoms with E-state index in [1.54, 1.807) is 14.0 Å². The summed E-state index contributed by atoms with van der Waals surface area (Å²) in [5.74, 6) is 0. The Bertz CT molecular complexity index is 311. The van der Waals surface area contributed by atoms with Gasteiger partial charge >= 0.3 is 0 Å². The third kappa shape index (κ3) is 4.91. The molecule has 1 atom stereocenters. The molecular formula is C11H24N2O3S. The molecule has 0 spiro atoms. The molecule has 1 unspecified atom stereocenters. The molecule has 0 heterocycles. The first kappa shape index (κ1) is 14.9. The highest BCUT2D eigenvalue weighted by molar-refractivity contribution is 7.87. The van der Waals surface area contributed by atoms with Gasteiger partial charge in [0.1, 0.15) is 0 Å². The lowest BCUT2D eigenvalue weighted by molar-refractivity contribution is 0.185. The molecule has 1 fully saturated rings. The summed E-state index contributed by atoms with van der Waals surface area (Å²) in [6.45, 7) is 1.94. The molecule has 6 heteroatoms. The zero-order chi connectivity index (χ0) is 12.9. The van der Waals surface area contributed by atoms with Crippen LogP contribution in [0.5, 0.6) is 0 Å². The third-order valence-electron chi connectivity index (χ3n) is 3.31. The number of aliphatic hydroxyl groups excluding tert-OH is 1. The first-order chi connectivity index (χ1) is 7.93. The SMILES string of the molecule is CC(O)CCNS(=O)(=O)N(C)C1CCCCC1. The van der Waals surface area contributed by atoms with Gasteiger partial charge in [-0.05, 0) is 26.2 Å². The highest BCUT2D eigenvalue weighted by Gasteiger charge is 2.26. The molecule has 1 aliphatic rings. The van der Waals surface area contributed by atoms with Crippen LogP contribution in [-0.4, -0.2) is 43.6 Å². The zero-order valence-electron chi connectivity index (χ0n) is 10.7. The third-order valence-corrected chi connectivity index (χ3v) is 4.94. The Morgan fingerprint density at radius 3 is 2.47 bits per heavy atom. The van der Waals surface area contributed by atoms with Gasteiger partial charge in [-0.1, -0.05) is 19.3 Å². The smallest absolute Gasteiger partial charge is 0.279 e. The number of hydrogen-bond donors (Lipinski definition) is 2. The summed E-state index contributed by atoms with van der Waals surface area (Å²) in [6, 6.07) is 0.132. The van der Waals surface area contributed by atoms with E-state index in [0.29, 0.717) is 6.42 Å². The summed E-state index contributed by atoms with van der Waals surface area (Å²) in [7, 11) is -1.74. The topological polar surface area (TPSA) is 69.6 Å². The van der Waals surface area contributed by atoms with Crippen molar-refractivity contribution in [2.24, 2.45) is 0 Å². The molecule has 17 heavy (non-hydrogen) atoms. The van der Waals surface area contributed by atoms with E-state index in [-0.39, 0.29) is 12.6 Å². The van der Waals surface area contributed by atoms with Crippen molar-refractivity contribution in [3.63, 3.8) is 0 Å². The van der Waals surface area contributed by atoms with Gasteiger partial charge in [-0.2, -0.15) is 12.7 Å². The van der Waals surface area contributed by atoms with Crippen molar-refractivity contribution in [3.05, 3.63) is 0 Å². The number of nitrogens with one attached hydrogen (secondary N) is 1. The number of nitrogens with zero attached hydrogens (tertiary/aromatic N) is 1. The van der Waals surface area contributed by atoms with Crippen molar-refractivity contribution >= 4 is 10.2 Å². The Kier molecular flexibility index (Phi) is 5.85. The van der Waals surface area contributed by atoms with Gasteiger partial charge in [0.05, 0.1) is 6.10 Å². The van der Waals surface area contributed by atoms with Crippen LogP contribution < -0.4 is 4.72 Å². The molecule has 0 saturated heterocycles. The second-order valence-electron chi connectivity index (χ2n) is 4.85. The quantitative estimate of drug-likeness (QED) is 0.747. The van der Waals surface area contributed by atoms with Crippen LogP contribution in [0.2, 0.25) is 0 Å². The van der Waals surface area contributed by atoms with Crippen molar-refractivity contribution in [2.45, 2.75) is 57.6 Å². The van der Waals surface area contributed by atoms with Crippen LogP contribution in [0, 0.1) is 0 Å². The minimum absolute atomic E-state index is 0.132. The minimum atomic E-state index is -3.38. The molecule has 0 radical (unpaired) electrons. The predicted molar refractivity (Wildman–Crippen MR) is 67.9 cm³/mol. The van der Waals surface area contributed by atoms with Crippen molar-refractivity contribution in [1.29, 1.82) is 0 Å². The maximum Gasteiger partial charge on any atom is 0.279 e. The lowest BCUT2D eigenvalue weighted by Crippen LogP contribution is -2.45. The van der Waals surface area contributed by atoms with Crippen LogP contribution in [0.15, 0.2) is 0 Å². The molecule has 5 nitrogen and oxygen atoms in total. The van der Waals surface area contributed by atoms with Crippen LogP contribution in [0.1, 0.15) is 45.4 Å². The van der Waals surface area contributed by atoms with Crippen LogP contribution in [0.25, 0.3) is 0 Å². The summed E-state index contributed by atoms with van der Waals surface area (Å²) in [6.07, 6.45) is 5.30. The van der Waals surface area contributed by atoms with E-state index in [0.717, 1.165) is 25.7 Å². The van der Waals surface area contributed by atoms with Gasteiger partial charge < -0.3 is 5.11 Å². The molecule has 1 rings (SSSR count). The first-order valence-corrected chi connectivity index (χ1v) is 7.78. The number of hydrogen-bond acceptors (Lipinski definition) is 3. The summed E-state index contributed by atoms with van der Waals surface area (Å²) < 4.78 is 27.9. The largest absolute Gasteiger partial charge is 0.393 e. The van der Waals surface area contributed by atoms with Gasteiger partial charge in [0, 0.05) is 19.6 Å². The average molecular weight is 264 g/mol. The van der Waals surface area contributed by atoms with Crippen molar-refractivity contribution < 1.29 is 13.5 Å². The first-order valence-electron chi connectivity index (χ1n) is 6.34. The standard InChI is InChI=1S/C11H24N2O3S/c1-10(14)8-9-12-17(15,16)13(2)11-6-4-3-5-7-11/h10-12,14H,3-9H2,1-2H3. The molecule has 1 aliphatic carbocycles. The highest BCUT2D eigenvalue weighted by atomic mass is 32.2. The lowest BCUT2D eigenvalue weighted by atomic mass is 9.96. The maximum atomic E-state index is 11.9. The molecule has 102 valence electrons. The lowest BCUT2D eigenvalue weighted by Gasteiger charge is -2.30. The van der Waals surface area contributed by atoms with Crippen molar-refractivity contribution in [1.82, 2.24) is 9.03 Å². The van der Waals surface area contributed by atoms with E-state index in [9.17, 15) is 8.42 Å². The fourth-order valence-electron chi connectivity index (χ4n) is 2.14. The fourth-order valence-corrected chi connectivity index (χ4v) is 3.32. The number of rotatable bonds is 6. The highest BCUT2D eigenvalue weighted by Crippen LogP contribution is 2.22. The molecule has 0 bridgehead atoms. The molecule has 0 aliphatic heterocycles. The molecule has 0 aromatic carbocycles. The van der Waals surface area contributed by atoms with E-state index in [4.69, 9.17) is 5.11 Å². The summed E-state index contributed by atoms with van der Waals surface area (Å²) in [5.41, 5.74) is 0. The van der Waals surface area contributed by atoms with Gasteiger partial charge in [-0.3, -0.25) is 0 Å². The Morgan fingerprint density at radius 1 is 1.35 bits per heavy atom. The van der Waals surface area contributed by atoms with Gasteiger partial charge in [0.15, 0.2) is 0 Å². The average Bonchev–Trinajstić information content (AvgIpc) is 2.28. The van der Waals surface area contributed by atoms with E-state index in [1.165, 1.54) is 10.7 Å². The van der Waals surface area contributed by atoms with Crippen LogP contribution in [-0.2, 0) is 10.2 Å². The van der Waals surface area contributed by atoms with Gasteiger partial charge in [0.2, 0.25) is 0 Å². The molecule has 0 aromatic rings. The molecule has 2 N–H and O–H groups in total. The van der Waals surface area contributed by atoms with E-state index < -0.39 is 16.3 Å². The second kappa shape index (κ2) is 6.68. The van der Waals surface area contributed by atoms with Crippen LogP contribution in [0.4, 0.5) is 0 Å². The monoisotopic (exact) mass is 264 g/mol. The summed E-state index contributed by atoms with van der Waals surface area (Å²) >= 11 is 0. The van der Waals surface area contributed by atoms with Gasteiger partial charge in [-0.15, -0.1) is 0 Å². The Labute approximate surface area is 104 Å². The normalized spacial score (nSPS) is 20.7. The van der Waals surface area contributed by atoms with E-state index >= 15 is 0 Å². The van der Waals surface area contributed by atoms with E-state index in [1.807, 2.05) is 0 Å². The van der Waals surface area contributed by atoms with Crippen molar-refractivity contribution in [2.75, 3.05) is 13.6 Å². The predicted octanol–water partition coefficient (Wildman–Crippen LogP) is 0.856. The van der Waals surface area contributed by atoms with Gasteiger partial charge in [-0.25, -0.2) is 4.72 Å². The maximum absolute atomic E-state index is 11.9. The second-order valence-corrected chi connectivity index (χ2v) is 6.66. The molecule has 0 aromatic heterocycles. The Balaban J connectivity index is 2.44. The number of aliphatic hydroxyl groups is 1. The van der Waals surface area contributed by atoms with Gasteiger partial charge in [0.25, 0.3) is 10.2 Å². The van der Waals surface area contributed by atoms with Crippen LogP contribution in [0.3, 0.4) is 0 Å². The summed E-state index contributed by atoms with van der Waals surface area (Å²) in [4.78, 5) is 0. The molecule has 0 amide bonds. The Morgan fingerprint density at radius 2 is 1.94 bits per heavy atom. The summed E-state index contributed by atoms with van der Waals surface area (Å²) in [5, 5.41) is 9.09. The molecular weight excluding hydrogens is 240 g/mol. The van der Waals surface area contributed by atoms with Crippen molar-refractivity contribution in [3.8, 4) is 0 Å². The fraction of sp³-hybridized carbons (Fsp3) is 1.00. The molecule has 1 saturated carbocycles. The van der Waals surface area contributed by atoms with E-state index in [2.05, 4.69) is 4.72 Å². The zero-order valence-corrected chi connectivity index (χ0v) is 11.5. The van der Waals surface area contributed by atoms with Crippen LogP contribution >= 0.6 is 0 Å². The minimum Gasteiger partial charge on any atom is -0.393 e. The Hall–Kier alpha value is -0.170.